The number of nitrogens with zero attached hydrogens (tertiary/aromatic N) is 1. The van der Waals surface area contributed by atoms with Gasteiger partial charge >= 0.3 is 0 Å². The summed E-state index contributed by atoms with van der Waals surface area (Å²) in [6.07, 6.45) is 3.48. The standard InChI is InChI=1S/C31H33NO4/c1-21(2)19-35-27-13-14-29-28(16-27)31(24-9-11-25(12-10-24)36-20-22-7-8-22)30(18-33)32(29)17-23-5-4-6-26(15-23)34-3/h4-6,9-16,18,21-22H,7-8,17,19-20H2,1-3H3. The number of carbonyl (C=O) groups excluding carboxylic acids is 1. The van der Waals surface area contributed by atoms with E-state index in [1.54, 1.807) is 7.11 Å². The zero-order chi connectivity index (χ0) is 25.1. The summed E-state index contributed by atoms with van der Waals surface area (Å²) in [5.74, 6) is 3.58. The highest BCUT2D eigenvalue weighted by Gasteiger charge is 2.22. The zero-order valence-electron chi connectivity index (χ0n) is 21.2. The lowest BCUT2D eigenvalue weighted by Crippen LogP contribution is -2.05. The third kappa shape index (κ3) is 5.25. The third-order valence-corrected chi connectivity index (χ3v) is 6.57. The lowest BCUT2D eigenvalue weighted by Gasteiger charge is -2.11. The van der Waals surface area contributed by atoms with E-state index >= 15 is 0 Å². The molecule has 4 aromatic rings. The monoisotopic (exact) mass is 483 g/mol. The minimum Gasteiger partial charge on any atom is -0.497 e. The topological polar surface area (TPSA) is 49.7 Å². The van der Waals surface area contributed by atoms with Crippen molar-refractivity contribution in [2.75, 3.05) is 20.3 Å². The number of fused-ring (bicyclic) bond motifs is 1. The van der Waals surface area contributed by atoms with Crippen molar-refractivity contribution >= 4 is 17.2 Å². The number of aromatic nitrogens is 1. The van der Waals surface area contributed by atoms with Crippen LogP contribution in [0.5, 0.6) is 17.2 Å². The average Bonchev–Trinajstić information content (AvgIpc) is 3.68. The number of aldehydes is 1. The number of hydrogen-bond acceptors (Lipinski definition) is 4. The molecule has 0 aliphatic heterocycles. The molecule has 36 heavy (non-hydrogen) atoms. The Morgan fingerprint density at radius 2 is 1.72 bits per heavy atom. The van der Waals surface area contributed by atoms with Crippen LogP contribution in [0.4, 0.5) is 0 Å². The van der Waals surface area contributed by atoms with Crippen molar-refractivity contribution in [2.24, 2.45) is 11.8 Å². The van der Waals surface area contributed by atoms with Crippen LogP contribution in [0.2, 0.25) is 0 Å². The van der Waals surface area contributed by atoms with Gasteiger partial charge in [0.25, 0.3) is 0 Å². The summed E-state index contributed by atoms with van der Waals surface area (Å²) in [5.41, 5.74) is 4.57. The van der Waals surface area contributed by atoms with Crippen LogP contribution in [-0.2, 0) is 6.54 Å². The van der Waals surface area contributed by atoms with Crippen LogP contribution >= 0.6 is 0 Å². The molecule has 1 aliphatic carbocycles. The van der Waals surface area contributed by atoms with Crippen molar-refractivity contribution in [2.45, 2.75) is 33.2 Å². The molecule has 1 fully saturated rings. The molecule has 5 heteroatoms. The van der Waals surface area contributed by atoms with E-state index < -0.39 is 0 Å². The molecule has 1 saturated carbocycles. The molecule has 0 spiro atoms. The fourth-order valence-corrected chi connectivity index (χ4v) is 4.47. The summed E-state index contributed by atoms with van der Waals surface area (Å²) in [7, 11) is 1.66. The Labute approximate surface area is 212 Å². The van der Waals surface area contributed by atoms with Gasteiger partial charge in [0.15, 0.2) is 6.29 Å². The van der Waals surface area contributed by atoms with Crippen LogP contribution in [0.25, 0.3) is 22.0 Å². The minimum atomic E-state index is 0.423. The van der Waals surface area contributed by atoms with Gasteiger partial charge in [-0.15, -0.1) is 0 Å². The summed E-state index contributed by atoms with van der Waals surface area (Å²) in [6.45, 7) is 6.22. The van der Waals surface area contributed by atoms with Gasteiger partial charge < -0.3 is 18.8 Å². The Morgan fingerprint density at radius 3 is 2.42 bits per heavy atom. The number of rotatable bonds is 11. The first-order valence-corrected chi connectivity index (χ1v) is 12.7. The molecule has 0 amide bonds. The molecule has 0 radical (unpaired) electrons. The van der Waals surface area contributed by atoms with Crippen molar-refractivity contribution in [3.8, 4) is 28.4 Å². The molecule has 0 N–H and O–H groups in total. The summed E-state index contributed by atoms with van der Waals surface area (Å²) < 4.78 is 19.5. The van der Waals surface area contributed by atoms with Crippen LogP contribution in [-0.4, -0.2) is 31.2 Å². The molecule has 5 nitrogen and oxygen atoms in total. The predicted octanol–water partition coefficient (Wildman–Crippen LogP) is 7.00. The highest BCUT2D eigenvalue weighted by atomic mass is 16.5. The maximum atomic E-state index is 12.6. The first-order chi connectivity index (χ1) is 17.6. The molecule has 186 valence electrons. The quantitative estimate of drug-likeness (QED) is 0.216. The Hall–Kier alpha value is -3.73. The van der Waals surface area contributed by atoms with Crippen LogP contribution in [0.3, 0.4) is 0 Å². The lowest BCUT2D eigenvalue weighted by molar-refractivity contribution is 0.111. The Bertz CT molecular complexity index is 1350. The fourth-order valence-electron chi connectivity index (χ4n) is 4.47. The number of benzene rings is 3. The average molecular weight is 484 g/mol. The summed E-state index contributed by atoms with van der Waals surface area (Å²) in [5, 5.41) is 0.993. The maximum absolute atomic E-state index is 12.6. The molecule has 0 unspecified atom stereocenters. The van der Waals surface area contributed by atoms with E-state index in [1.807, 2.05) is 48.5 Å². The van der Waals surface area contributed by atoms with E-state index in [4.69, 9.17) is 14.2 Å². The van der Waals surface area contributed by atoms with Gasteiger partial charge in [0, 0.05) is 23.0 Å². The molecule has 3 aromatic carbocycles. The maximum Gasteiger partial charge on any atom is 0.167 e. The van der Waals surface area contributed by atoms with E-state index in [2.05, 4.69) is 36.6 Å². The van der Waals surface area contributed by atoms with E-state index in [0.717, 1.165) is 57.7 Å². The van der Waals surface area contributed by atoms with Crippen molar-refractivity contribution < 1.29 is 19.0 Å². The fraction of sp³-hybridized carbons (Fsp3) is 0.323. The van der Waals surface area contributed by atoms with Gasteiger partial charge in [0.05, 0.1) is 26.0 Å². The largest absolute Gasteiger partial charge is 0.497 e. The molecule has 1 aromatic heterocycles. The van der Waals surface area contributed by atoms with E-state index in [9.17, 15) is 4.79 Å². The van der Waals surface area contributed by atoms with Gasteiger partial charge in [-0.3, -0.25) is 4.79 Å². The van der Waals surface area contributed by atoms with Gasteiger partial charge in [-0.2, -0.15) is 0 Å². The number of methoxy groups -OCH3 is 1. The number of carbonyl (C=O) groups is 1. The Kier molecular flexibility index (Phi) is 6.99. The molecular formula is C31H33NO4. The third-order valence-electron chi connectivity index (χ3n) is 6.57. The summed E-state index contributed by atoms with van der Waals surface area (Å²) in [6, 6.07) is 22.1. The first-order valence-electron chi connectivity index (χ1n) is 12.7. The van der Waals surface area contributed by atoms with Gasteiger partial charge in [-0.1, -0.05) is 38.1 Å². The van der Waals surface area contributed by atoms with Crippen LogP contribution in [0.1, 0.15) is 42.7 Å². The van der Waals surface area contributed by atoms with Gasteiger partial charge in [0.1, 0.15) is 17.2 Å². The van der Waals surface area contributed by atoms with Crippen molar-refractivity contribution in [3.05, 3.63) is 78.0 Å². The molecule has 0 saturated heterocycles. The Balaban J connectivity index is 1.58. The van der Waals surface area contributed by atoms with E-state index in [1.165, 1.54) is 12.8 Å². The highest BCUT2D eigenvalue weighted by Crippen LogP contribution is 2.38. The second-order valence-electron chi connectivity index (χ2n) is 9.98. The molecule has 5 rings (SSSR count). The van der Waals surface area contributed by atoms with Crippen molar-refractivity contribution in [1.82, 2.24) is 4.57 Å². The molecule has 1 aliphatic rings. The zero-order valence-corrected chi connectivity index (χ0v) is 21.2. The molecule has 1 heterocycles. The first kappa shape index (κ1) is 24.0. The molecule has 0 atom stereocenters. The smallest absolute Gasteiger partial charge is 0.167 e. The summed E-state index contributed by atoms with van der Waals surface area (Å²) in [4.78, 5) is 12.6. The van der Waals surface area contributed by atoms with Gasteiger partial charge in [-0.25, -0.2) is 0 Å². The predicted molar refractivity (Wildman–Crippen MR) is 143 cm³/mol. The lowest BCUT2D eigenvalue weighted by atomic mass is 10.0. The van der Waals surface area contributed by atoms with Gasteiger partial charge in [0.2, 0.25) is 0 Å². The second-order valence-corrected chi connectivity index (χ2v) is 9.98. The van der Waals surface area contributed by atoms with E-state index in [0.29, 0.717) is 30.7 Å². The van der Waals surface area contributed by atoms with Crippen molar-refractivity contribution in [3.63, 3.8) is 0 Å². The van der Waals surface area contributed by atoms with Crippen LogP contribution < -0.4 is 14.2 Å². The van der Waals surface area contributed by atoms with E-state index in [-0.39, 0.29) is 0 Å². The minimum absolute atomic E-state index is 0.423. The summed E-state index contributed by atoms with van der Waals surface area (Å²) >= 11 is 0. The SMILES string of the molecule is COc1cccc(Cn2c(C=O)c(-c3ccc(OCC4CC4)cc3)c3cc(OCC(C)C)ccc32)c1. The van der Waals surface area contributed by atoms with Crippen LogP contribution in [0.15, 0.2) is 66.7 Å². The Morgan fingerprint density at radius 1 is 0.944 bits per heavy atom. The highest BCUT2D eigenvalue weighted by molar-refractivity contribution is 6.05. The number of hydrogen-bond donors (Lipinski definition) is 0. The van der Waals surface area contributed by atoms with Crippen molar-refractivity contribution in [1.29, 1.82) is 0 Å². The second kappa shape index (κ2) is 10.5. The molecular weight excluding hydrogens is 450 g/mol. The normalized spacial score (nSPS) is 13.2. The van der Waals surface area contributed by atoms with Crippen LogP contribution in [0, 0.1) is 11.8 Å². The molecule has 0 bridgehead atoms. The van der Waals surface area contributed by atoms with Gasteiger partial charge in [-0.05, 0) is 78.3 Å². The number of ether oxygens (including phenoxy) is 3.